The van der Waals surface area contributed by atoms with Crippen LogP contribution in [0.15, 0.2) is 36.5 Å². The zero-order valence-corrected chi connectivity index (χ0v) is 13.8. The summed E-state index contributed by atoms with van der Waals surface area (Å²) in [7, 11) is 0. The number of carbonyl (C=O) groups is 1. The number of amides is 1. The molecule has 1 unspecified atom stereocenters. The van der Waals surface area contributed by atoms with Crippen molar-refractivity contribution in [2.45, 2.75) is 38.1 Å². The quantitative estimate of drug-likeness (QED) is 0.918. The highest BCUT2D eigenvalue weighted by atomic mass is 19.1. The molecule has 2 heterocycles. The highest BCUT2D eigenvalue weighted by Crippen LogP contribution is 2.24. The molecule has 1 aliphatic heterocycles. The third-order valence-electron chi connectivity index (χ3n) is 4.58. The van der Waals surface area contributed by atoms with Gasteiger partial charge in [-0.3, -0.25) is 4.79 Å². The number of nitrogens with zero attached hydrogens (tertiary/aromatic N) is 2. The van der Waals surface area contributed by atoms with Crippen LogP contribution >= 0.6 is 0 Å². The van der Waals surface area contributed by atoms with Crippen molar-refractivity contribution in [2.24, 2.45) is 0 Å². The molecule has 1 atom stereocenters. The topological polar surface area (TPSA) is 53.4 Å². The number of phenols is 1. The summed E-state index contributed by atoms with van der Waals surface area (Å²) < 4.78 is 26.9. The Morgan fingerprint density at radius 3 is 2.88 bits per heavy atom. The maximum atomic E-state index is 13.9. The lowest BCUT2D eigenvalue weighted by Crippen LogP contribution is -2.44. The Morgan fingerprint density at radius 1 is 1.28 bits per heavy atom. The number of rotatable bonds is 4. The van der Waals surface area contributed by atoms with E-state index in [0.29, 0.717) is 19.0 Å². The monoisotopic (exact) mass is 346 g/mol. The lowest BCUT2D eigenvalue weighted by molar-refractivity contribution is 0.0590. The molecule has 1 amide bonds. The number of hydrogen-bond donors (Lipinski definition) is 1. The molecule has 1 fully saturated rings. The molecular weight excluding hydrogens is 326 g/mol. The summed E-state index contributed by atoms with van der Waals surface area (Å²) in [6, 6.07) is 7.70. The van der Waals surface area contributed by atoms with Gasteiger partial charge in [-0.1, -0.05) is 12.1 Å². The van der Waals surface area contributed by atoms with E-state index < -0.39 is 17.5 Å². The first-order valence-electron chi connectivity index (χ1n) is 8.44. The molecule has 25 heavy (non-hydrogen) atoms. The first-order valence-corrected chi connectivity index (χ1v) is 8.44. The van der Waals surface area contributed by atoms with Crippen LogP contribution < -0.4 is 0 Å². The molecule has 4 nitrogen and oxygen atoms in total. The molecule has 0 spiro atoms. The van der Waals surface area contributed by atoms with Crippen molar-refractivity contribution in [1.82, 2.24) is 9.88 Å². The van der Waals surface area contributed by atoms with E-state index in [2.05, 4.69) is 4.98 Å². The highest BCUT2D eigenvalue weighted by Gasteiger charge is 2.29. The van der Waals surface area contributed by atoms with Gasteiger partial charge in [-0.05, 0) is 49.8 Å². The summed E-state index contributed by atoms with van der Waals surface area (Å²) in [5.74, 6) is -2.00. The van der Waals surface area contributed by atoms with Gasteiger partial charge in [-0.15, -0.1) is 0 Å². The molecule has 2 aromatic rings. The van der Waals surface area contributed by atoms with E-state index in [1.165, 1.54) is 0 Å². The predicted octanol–water partition coefficient (Wildman–Crippen LogP) is 3.69. The van der Waals surface area contributed by atoms with E-state index in [-0.39, 0.29) is 17.5 Å². The summed E-state index contributed by atoms with van der Waals surface area (Å²) in [4.78, 5) is 18.0. The normalized spacial score (nSPS) is 17.5. The number of carbonyl (C=O) groups excluding carboxylic acids is 1. The molecule has 1 aromatic carbocycles. The fourth-order valence-electron chi connectivity index (χ4n) is 3.32. The van der Waals surface area contributed by atoms with Crippen molar-refractivity contribution in [3.63, 3.8) is 0 Å². The molecule has 3 rings (SSSR count). The standard InChI is InChI=1S/C19H20F2N2O2/c20-14-11-17(21)18(22-12-14)19(25)23-9-2-1-5-15(23)8-7-13-4-3-6-16(24)10-13/h3-4,6,10-12,15,24H,1-2,5,7-9H2. The summed E-state index contributed by atoms with van der Waals surface area (Å²) in [5, 5.41) is 9.55. The molecule has 0 radical (unpaired) electrons. The van der Waals surface area contributed by atoms with E-state index in [9.17, 15) is 18.7 Å². The van der Waals surface area contributed by atoms with Gasteiger partial charge in [0.25, 0.3) is 5.91 Å². The summed E-state index contributed by atoms with van der Waals surface area (Å²) in [5.41, 5.74) is 0.662. The third-order valence-corrected chi connectivity index (χ3v) is 4.58. The Balaban J connectivity index is 1.73. The number of aromatic nitrogens is 1. The van der Waals surface area contributed by atoms with Gasteiger partial charge >= 0.3 is 0 Å². The molecule has 0 aliphatic carbocycles. The molecule has 1 saturated heterocycles. The van der Waals surface area contributed by atoms with Crippen molar-refractivity contribution >= 4 is 5.91 Å². The average molecular weight is 346 g/mol. The second-order valence-electron chi connectivity index (χ2n) is 6.34. The van der Waals surface area contributed by atoms with E-state index in [1.807, 2.05) is 6.07 Å². The molecule has 1 aromatic heterocycles. The minimum Gasteiger partial charge on any atom is -0.508 e. The molecule has 0 saturated carbocycles. The van der Waals surface area contributed by atoms with Gasteiger partial charge < -0.3 is 10.0 Å². The zero-order valence-electron chi connectivity index (χ0n) is 13.8. The van der Waals surface area contributed by atoms with Crippen LogP contribution in [-0.4, -0.2) is 33.5 Å². The van der Waals surface area contributed by atoms with Crippen LogP contribution in [0.4, 0.5) is 8.78 Å². The minimum atomic E-state index is -0.928. The summed E-state index contributed by atoms with van der Waals surface area (Å²) in [6.45, 7) is 0.544. The molecule has 1 aliphatic rings. The Morgan fingerprint density at radius 2 is 2.12 bits per heavy atom. The van der Waals surface area contributed by atoms with Crippen LogP contribution in [0.25, 0.3) is 0 Å². The number of benzene rings is 1. The zero-order chi connectivity index (χ0) is 17.8. The van der Waals surface area contributed by atoms with Crippen LogP contribution in [-0.2, 0) is 6.42 Å². The van der Waals surface area contributed by atoms with Crippen molar-refractivity contribution in [2.75, 3.05) is 6.54 Å². The number of pyridine rings is 1. The average Bonchev–Trinajstić information content (AvgIpc) is 2.60. The van der Waals surface area contributed by atoms with Gasteiger partial charge in [0.05, 0.1) is 6.20 Å². The van der Waals surface area contributed by atoms with Gasteiger partial charge in [-0.2, -0.15) is 0 Å². The fraction of sp³-hybridized carbons (Fsp3) is 0.368. The maximum absolute atomic E-state index is 13.9. The van der Waals surface area contributed by atoms with E-state index in [1.54, 1.807) is 23.1 Å². The Bertz CT molecular complexity index is 767. The van der Waals surface area contributed by atoms with Gasteiger partial charge in [0.2, 0.25) is 0 Å². The number of aromatic hydroxyl groups is 1. The largest absolute Gasteiger partial charge is 0.508 e. The minimum absolute atomic E-state index is 0.0187. The predicted molar refractivity (Wildman–Crippen MR) is 89.3 cm³/mol. The Kier molecular flexibility index (Phi) is 5.26. The van der Waals surface area contributed by atoms with Gasteiger partial charge in [0.1, 0.15) is 11.6 Å². The number of aryl methyl sites for hydroxylation is 1. The van der Waals surface area contributed by atoms with Crippen LogP contribution in [0.1, 0.15) is 41.7 Å². The second-order valence-corrected chi connectivity index (χ2v) is 6.34. The number of phenolic OH excluding ortho intramolecular Hbond substituents is 1. The van der Waals surface area contributed by atoms with Crippen LogP contribution in [0.2, 0.25) is 0 Å². The fourth-order valence-corrected chi connectivity index (χ4v) is 3.32. The Labute approximate surface area is 145 Å². The molecule has 132 valence electrons. The maximum Gasteiger partial charge on any atom is 0.275 e. The molecule has 6 heteroatoms. The van der Waals surface area contributed by atoms with E-state index >= 15 is 0 Å². The highest BCUT2D eigenvalue weighted by molar-refractivity contribution is 5.92. The molecule has 1 N–H and O–H groups in total. The third kappa shape index (κ3) is 4.13. The van der Waals surface area contributed by atoms with Crippen LogP contribution in [0, 0.1) is 11.6 Å². The number of hydrogen-bond acceptors (Lipinski definition) is 3. The first-order chi connectivity index (χ1) is 12.0. The number of piperidine rings is 1. The van der Waals surface area contributed by atoms with Gasteiger partial charge in [-0.25, -0.2) is 13.8 Å². The smallest absolute Gasteiger partial charge is 0.275 e. The van der Waals surface area contributed by atoms with Crippen molar-refractivity contribution < 1.29 is 18.7 Å². The SMILES string of the molecule is O=C(c1ncc(F)cc1F)N1CCCCC1CCc1cccc(O)c1. The molecule has 0 bridgehead atoms. The van der Waals surface area contributed by atoms with Gasteiger partial charge in [0.15, 0.2) is 11.5 Å². The van der Waals surface area contributed by atoms with Crippen molar-refractivity contribution in [1.29, 1.82) is 0 Å². The first kappa shape index (κ1) is 17.3. The lowest BCUT2D eigenvalue weighted by atomic mass is 9.95. The van der Waals surface area contributed by atoms with E-state index in [4.69, 9.17) is 0 Å². The second kappa shape index (κ2) is 7.59. The van der Waals surface area contributed by atoms with Crippen LogP contribution in [0.3, 0.4) is 0 Å². The van der Waals surface area contributed by atoms with Gasteiger partial charge in [0, 0.05) is 18.7 Å². The number of halogens is 2. The summed E-state index contributed by atoms with van der Waals surface area (Å²) >= 11 is 0. The van der Waals surface area contributed by atoms with Crippen molar-refractivity contribution in [3.05, 3.63) is 59.4 Å². The van der Waals surface area contributed by atoms with Crippen LogP contribution in [0.5, 0.6) is 5.75 Å². The van der Waals surface area contributed by atoms with Crippen molar-refractivity contribution in [3.8, 4) is 5.75 Å². The lowest BCUT2D eigenvalue weighted by Gasteiger charge is -2.35. The number of likely N-dealkylation sites (tertiary alicyclic amines) is 1. The van der Waals surface area contributed by atoms with E-state index in [0.717, 1.165) is 37.4 Å². The molecular formula is C19H20F2N2O2. The Hall–Kier alpha value is -2.50. The summed E-state index contributed by atoms with van der Waals surface area (Å²) in [6.07, 6.45) is 5.00.